The van der Waals surface area contributed by atoms with Gasteiger partial charge in [0.05, 0.1) is 18.5 Å². The van der Waals surface area contributed by atoms with Gasteiger partial charge in [-0.2, -0.15) is 0 Å². The van der Waals surface area contributed by atoms with Crippen molar-refractivity contribution in [1.82, 2.24) is 19.5 Å². The van der Waals surface area contributed by atoms with E-state index in [4.69, 9.17) is 15.5 Å². The molecule has 10 heteroatoms. The highest BCUT2D eigenvalue weighted by atomic mass is 32.2. The largest absolute Gasteiger partial charge is 0.611 e. The van der Waals surface area contributed by atoms with Gasteiger partial charge in [-0.3, -0.25) is 0 Å². The summed E-state index contributed by atoms with van der Waals surface area (Å²) in [6.07, 6.45) is 3.59. The van der Waals surface area contributed by atoms with Crippen LogP contribution in [0, 0.1) is 6.92 Å². The molecule has 146 valence electrons. The molecule has 0 amide bonds. The summed E-state index contributed by atoms with van der Waals surface area (Å²) in [5, 5.41) is 3.56. The molecule has 4 aromatic rings. The Morgan fingerprint density at radius 3 is 2.82 bits per heavy atom. The molecule has 28 heavy (non-hydrogen) atoms. The Morgan fingerprint density at radius 2 is 2.18 bits per heavy atom. The fourth-order valence-corrected chi connectivity index (χ4v) is 6.10. The number of rotatable bonds is 6. The quantitative estimate of drug-likeness (QED) is 0.467. The predicted octanol–water partition coefficient (Wildman–Crippen LogP) is 3.46. The van der Waals surface area contributed by atoms with Crippen LogP contribution in [0.1, 0.15) is 5.82 Å². The minimum Gasteiger partial charge on any atom is -0.611 e. The van der Waals surface area contributed by atoms with Gasteiger partial charge in [-0.15, -0.1) is 11.3 Å². The third kappa shape index (κ3) is 3.31. The Kier molecular flexibility index (Phi) is 5.39. The summed E-state index contributed by atoms with van der Waals surface area (Å²) in [6, 6.07) is 1.99. The average molecular weight is 434 g/mol. The van der Waals surface area contributed by atoms with Gasteiger partial charge in [-0.1, -0.05) is 11.3 Å². The van der Waals surface area contributed by atoms with Crippen LogP contribution >= 0.6 is 22.7 Å². The fraction of sp³-hybridized carbons (Fsp3) is 0.278. The maximum Gasteiger partial charge on any atom is 0.232 e. The molecule has 0 bridgehead atoms. The van der Waals surface area contributed by atoms with Gasteiger partial charge in [0, 0.05) is 47.9 Å². The molecule has 4 rings (SSSR count). The van der Waals surface area contributed by atoms with E-state index in [-0.39, 0.29) is 0 Å². The molecular formula is C18H19N5O2S3. The highest BCUT2D eigenvalue weighted by Gasteiger charge is 2.26. The molecule has 2 N–H and O–H groups in total. The van der Waals surface area contributed by atoms with Gasteiger partial charge in [-0.05, 0) is 13.0 Å². The number of aromatic nitrogens is 4. The first-order valence-corrected chi connectivity index (χ1v) is 11.5. The Balaban J connectivity index is 1.96. The number of nitrogens with two attached hydrogens (primary N) is 1. The van der Waals surface area contributed by atoms with Gasteiger partial charge < -0.3 is 19.6 Å². The molecule has 0 saturated heterocycles. The molecule has 0 radical (unpaired) electrons. The van der Waals surface area contributed by atoms with Crippen molar-refractivity contribution in [3.8, 4) is 22.0 Å². The summed E-state index contributed by atoms with van der Waals surface area (Å²) < 4.78 is 20.4. The second kappa shape index (κ2) is 7.80. The zero-order valence-corrected chi connectivity index (χ0v) is 18.1. The predicted molar refractivity (Wildman–Crippen MR) is 115 cm³/mol. The summed E-state index contributed by atoms with van der Waals surface area (Å²) in [4.78, 5) is 14.3. The molecule has 1 unspecified atom stereocenters. The van der Waals surface area contributed by atoms with E-state index in [9.17, 15) is 4.55 Å². The Bertz CT molecular complexity index is 1120. The molecule has 4 aromatic heterocycles. The van der Waals surface area contributed by atoms with Crippen LogP contribution in [0.25, 0.3) is 32.2 Å². The molecule has 0 saturated carbocycles. The number of anilines is 1. The molecule has 0 aliphatic heterocycles. The highest BCUT2D eigenvalue weighted by Crippen LogP contribution is 2.43. The lowest BCUT2D eigenvalue weighted by Gasteiger charge is -2.09. The zero-order valence-electron chi connectivity index (χ0n) is 15.6. The van der Waals surface area contributed by atoms with Crippen LogP contribution in [-0.4, -0.2) is 43.5 Å². The third-order valence-electron chi connectivity index (χ3n) is 4.49. The number of nitrogens with zero attached hydrogens (tertiary/aromatic N) is 4. The van der Waals surface area contributed by atoms with Crippen molar-refractivity contribution in [2.45, 2.75) is 11.1 Å². The molecular weight excluding hydrogens is 414 g/mol. The van der Waals surface area contributed by atoms with Gasteiger partial charge in [0.25, 0.3) is 0 Å². The monoisotopic (exact) mass is 433 g/mol. The van der Waals surface area contributed by atoms with E-state index >= 15 is 0 Å². The van der Waals surface area contributed by atoms with Crippen molar-refractivity contribution in [3.63, 3.8) is 0 Å². The van der Waals surface area contributed by atoms with E-state index < -0.39 is 11.2 Å². The number of nitrogen functional groups attached to an aromatic ring is 1. The van der Waals surface area contributed by atoms with E-state index in [0.29, 0.717) is 22.3 Å². The minimum absolute atomic E-state index is 0.396. The van der Waals surface area contributed by atoms with Crippen LogP contribution in [0.5, 0.6) is 0 Å². The summed E-state index contributed by atoms with van der Waals surface area (Å²) in [6.45, 7) is 2.36. The van der Waals surface area contributed by atoms with Gasteiger partial charge in [0.2, 0.25) is 4.21 Å². The average Bonchev–Trinajstić information content (AvgIpc) is 3.41. The minimum atomic E-state index is -1.24. The van der Waals surface area contributed by atoms with E-state index in [1.807, 2.05) is 36.2 Å². The van der Waals surface area contributed by atoms with Gasteiger partial charge in [0.15, 0.2) is 0 Å². The number of ether oxygens (including phenoxy) is 1. The number of aryl methyl sites for hydroxylation is 1. The van der Waals surface area contributed by atoms with Crippen LogP contribution in [-0.2, 0) is 23.0 Å². The van der Waals surface area contributed by atoms with Crippen molar-refractivity contribution in [3.05, 3.63) is 29.7 Å². The van der Waals surface area contributed by atoms with Crippen LogP contribution in [0.4, 0.5) is 5.69 Å². The van der Waals surface area contributed by atoms with Crippen molar-refractivity contribution in [1.29, 1.82) is 0 Å². The third-order valence-corrected chi connectivity index (χ3v) is 8.16. The highest BCUT2D eigenvalue weighted by molar-refractivity contribution is 7.93. The number of hydrogen-bond acceptors (Lipinski definition) is 8. The number of thiazole rings is 1. The molecule has 1 atom stereocenters. The van der Waals surface area contributed by atoms with E-state index in [1.165, 1.54) is 22.7 Å². The molecule has 0 aliphatic rings. The fourth-order valence-electron chi connectivity index (χ4n) is 2.94. The number of thiophene rings is 1. The first-order chi connectivity index (χ1) is 13.5. The van der Waals surface area contributed by atoms with Gasteiger partial charge in [0.1, 0.15) is 32.8 Å². The Labute approximate surface area is 173 Å². The van der Waals surface area contributed by atoms with Crippen LogP contribution in [0.15, 0.2) is 28.0 Å². The molecule has 0 aromatic carbocycles. The van der Waals surface area contributed by atoms with Crippen LogP contribution in [0.2, 0.25) is 0 Å². The number of imidazole rings is 1. The smallest absolute Gasteiger partial charge is 0.232 e. The lowest BCUT2D eigenvalue weighted by molar-refractivity contribution is 0.217. The van der Waals surface area contributed by atoms with Crippen molar-refractivity contribution >= 4 is 49.8 Å². The maximum absolute atomic E-state index is 12.7. The van der Waals surface area contributed by atoms with Crippen molar-refractivity contribution in [2.24, 2.45) is 7.05 Å². The molecule has 0 fully saturated rings. The molecule has 4 heterocycles. The lowest BCUT2D eigenvalue weighted by atomic mass is 10.1. The summed E-state index contributed by atoms with van der Waals surface area (Å²) in [5.41, 5.74) is 9.61. The normalized spacial score (nSPS) is 12.7. The summed E-state index contributed by atoms with van der Waals surface area (Å²) in [7, 11) is 3.56. The van der Waals surface area contributed by atoms with Crippen LogP contribution in [0.3, 0.4) is 0 Å². The zero-order chi connectivity index (χ0) is 19.8. The van der Waals surface area contributed by atoms with E-state index in [1.54, 1.807) is 13.3 Å². The van der Waals surface area contributed by atoms with Gasteiger partial charge >= 0.3 is 0 Å². The molecule has 0 spiro atoms. The van der Waals surface area contributed by atoms with Crippen molar-refractivity contribution in [2.75, 3.05) is 25.2 Å². The Hall–Kier alpha value is -1.98. The first kappa shape index (κ1) is 19.3. The number of hydrogen-bond donors (Lipinski definition) is 1. The Morgan fingerprint density at radius 1 is 1.36 bits per heavy atom. The van der Waals surface area contributed by atoms with Crippen molar-refractivity contribution < 1.29 is 9.29 Å². The first-order valence-electron chi connectivity index (χ1n) is 8.50. The van der Waals surface area contributed by atoms with Gasteiger partial charge in [-0.25, -0.2) is 15.0 Å². The standard InChI is InChI=1S/C18H19N5O2S3/c1-10-21-9-13(23(10)2)11-8-12(16-20-4-6-26-16)22-17-14(11)15(19)18(27-17)28(24)7-5-25-3/h4,6,8-9H,5,7,19H2,1-3H3. The number of methoxy groups -OCH3 is 1. The number of pyridine rings is 1. The maximum atomic E-state index is 12.7. The van der Waals surface area contributed by atoms with E-state index in [2.05, 4.69) is 9.97 Å². The molecule has 7 nitrogen and oxygen atoms in total. The second-order valence-corrected chi connectivity index (χ2v) is 9.83. The van der Waals surface area contributed by atoms with E-state index in [0.717, 1.165) is 38.0 Å². The summed E-state index contributed by atoms with van der Waals surface area (Å²) >= 11 is 1.66. The summed E-state index contributed by atoms with van der Waals surface area (Å²) in [5.74, 6) is 1.29. The second-order valence-electron chi connectivity index (χ2n) is 6.17. The number of fused-ring (bicyclic) bond motifs is 1. The SMILES string of the molecule is COCC[S+]([O-])c1sc2nc(-c3nccs3)cc(-c3cnc(C)n3C)c2c1N. The molecule has 0 aliphatic carbocycles. The topological polar surface area (TPSA) is 102 Å². The van der Waals surface area contributed by atoms with Crippen LogP contribution < -0.4 is 5.73 Å². The lowest BCUT2D eigenvalue weighted by Crippen LogP contribution is -2.11.